The Hall–Kier alpha value is -2.47. The van der Waals surface area contributed by atoms with E-state index in [1.165, 1.54) is 0 Å². The zero-order chi connectivity index (χ0) is 14.4. The van der Waals surface area contributed by atoms with Crippen LogP contribution in [0.15, 0.2) is 30.3 Å². The molecular formula is C14H10ClN3O3. The summed E-state index contributed by atoms with van der Waals surface area (Å²) in [5.41, 5.74) is 2.19. The van der Waals surface area contributed by atoms with Crippen LogP contribution in [-0.2, 0) is 0 Å². The minimum atomic E-state index is 0.234. The summed E-state index contributed by atoms with van der Waals surface area (Å²) in [5, 5.41) is 4.57. The minimum Gasteiger partial charge on any atom is -0.479 e. The van der Waals surface area contributed by atoms with Crippen LogP contribution in [0, 0.1) is 0 Å². The van der Waals surface area contributed by atoms with Crippen molar-refractivity contribution >= 4 is 17.2 Å². The number of ether oxygens (including phenoxy) is 3. The highest BCUT2D eigenvalue weighted by atomic mass is 35.5. The molecule has 106 valence electrons. The van der Waals surface area contributed by atoms with Crippen molar-refractivity contribution in [2.45, 2.75) is 0 Å². The van der Waals surface area contributed by atoms with E-state index in [0.717, 1.165) is 11.3 Å². The molecule has 0 spiro atoms. The first-order valence-corrected chi connectivity index (χ1v) is 6.63. The third-order valence-corrected chi connectivity index (χ3v) is 3.44. The second kappa shape index (κ2) is 4.53. The Bertz CT molecular complexity index is 847. The average Bonchev–Trinajstić information content (AvgIpc) is 3.09. The standard InChI is InChI=1S/C14H10ClN3O3/c1-19-14-13(16-12-5-4-11(15)17-18(12)14)8-2-3-9-10(6-8)21-7-20-9/h2-6H,7H2,1H3. The smallest absolute Gasteiger partial charge is 0.243 e. The number of rotatable bonds is 2. The van der Waals surface area contributed by atoms with Crippen LogP contribution in [0.4, 0.5) is 0 Å². The van der Waals surface area contributed by atoms with Crippen LogP contribution >= 0.6 is 11.6 Å². The van der Waals surface area contributed by atoms with E-state index >= 15 is 0 Å². The number of fused-ring (bicyclic) bond motifs is 2. The van der Waals surface area contributed by atoms with Gasteiger partial charge in [0.05, 0.1) is 7.11 Å². The first-order chi connectivity index (χ1) is 10.3. The summed E-state index contributed by atoms with van der Waals surface area (Å²) in [4.78, 5) is 4.54. The van der Waals surface area contributed by atoms with Gasteiger partial charge in [0.2, 0.25) is 12.7 Å². The SMILES string of the molecule is COc1c(-c2ccc3c(c2)OCO3)nc2ccc(Cl)nn12. The lowest BCUT2D eigenvalue weighted by Crippen LogP contribution is -1.96. The van der Waals surface area contributed by atoms with Crippen LogP contribution in [-0.4, -0.2) is 28.5 Å². The van der Waals surface area contributed by atoms with Crippen LogP contribution < -0.4 is 14.2 Å². The highest BCUT2D eigenvalue weighted by molar-refractivity contribution is 6.29. The maximum absolute atomic E-state index is 5.93. The van der Waals surface area contributed by atoms with Gasteiger partial charge >= 0.3 is 0 Å². The van der Waals surface area contributed by atoms with Gasteiger partial charge in [0.25, 0.3) is 0 Å². The molecule has 0 N–H and O–H groups in total. The van der Waals surface area contributed by atoms with E-state index in [9.17, 15) is 0 Å². The molecule has 0 amide bonds. The summed E-state index contributed by atoms with van der Waals surface area (Å²) in [6.07, 6.45) is 0. The van der Waals surface area contributed by atoms with Crippen molar-refractivity contribution in [3.63, 3.8) is 0 Å². The zero-order valence-electron chi connectivity index (χ0n) is 11.0. The number of imidazole rings is 1. The van der Waals surface area contributed by atoms with E-state index in [0.29, 0.717) is 28.1 Å². The molecule has 0 unspecified atom stereocenters. The molecule has 3 aromatic rings. The molecule has 2 aromatic heterocycles. The van der Waals surface area contributed by atoms with Gasteiger partial charge in [0.15, 0.2) is 17.1 Å². The van der Waals surface area contributed by atoms with Crippen LogP contribution in [0.5, 0.6) is 17.4 Å². The van der Waals surface area contributed by atoms with Gasteiger partial charge in [-0.3, -0.25) is 0 Å². The predicted molar refractivity (Wildman–Crippen MR) is 76.1 cm³/mol. The van der Waals surface area contributed by atoms with Gasteiger partial charge in [-0.15, -0.1) is 0 Å². The van der Waals surface area contributed by atoms with Crippen molar-refractivity contribution < 1.29 is 14.2 Å². The van der Waals surface area contributed by atoms with E-state index in [1.807, 2.05) is 18.2 Å². The third-order valence-electron chi connectivity index (χ3n) is 3.24. The van der Waals surface area contributed by atoms with Crippen molar-refractivity contribution in [3.05, 3.63) is 35.5 Å². The molecular weight excluding hydrogens is 294 g/mol. The van der Waals surface area contributed by atoms with E-state index in [1.54, 1.807) is 23.8 Å². The number of nitrogens with zero attached hydrogens (tertiary/aromatic N) is 3. The highest BCUT2D eigenvalue weighted by Crippen LogP contribution is 2.38. The molecule has 3 heterocycles. The van der Waals surface area contributed by atoms with Crippen LogP contribution in [0.3, 0.4) is 0 Å². The number of aromatic nitrogens is 3. The topological polar surface area (TPSA) is 57.9 Å². The van der Waals surface area contributed by atoms with E-state index in [4.69, 9.17) is 25.8 Å². The quantitative estimate of drug-likeness (QED) is 0.728. The van der Waals surface area contributed by atoms with Crippen molar-refractivity contribution in [2.24, 2.45) is 0 Å². The minimum absolute atomic E-state index is 0.234. The van der Waals surface area contributed by atoms with Gasteiger partial charge < -0.3 is 14.2 Å². The fourth-order valence-corrected chi connectivity index (χ4v) is 2.44. The molecule has 1 aromatic carbocycles. The molecule has 1 aliphatic heterocycles. The summed E-state index contributed by atoms with van der Waals surface area (Å²) >= 11 is 5.93. The van der Waals surface area contributed by atoms with Crippen molar-refractivity contribution in [3.8, 4) is 28.6 Å². The number of benzene rings is 1. The summed E-state index contributed by atoms with van der Waals surface area (Å²) in [6, 6.07) is 9.09. The summed E-state index contributed by atoms with van der Waals surface area (Å²) in [6.45, 7) is 0.234. The zero-order valence-corrected chi connectivity index (χ0v) is 11.8. The maximum atomic E-state index is 5.93. The lowest BCUT2D eigenvalue weighted by Gasteiger charge is -2.03. The van der Waals surface area contributed by atoms with Crippen LogP contribution in [0.1, 0.15) is 0 Å². The highest BCUT2D eigenvalue weighted by Gasteiger charge is 2.20. The Morgan fingerprint density at radius 2 is 2.05 bits per heavy atom. The molecule has 0 atom stereocenters. The number of hydrogen-bond donors (Lipinski definition) is 0. The van der Waals surface area contributed by atoms with Crippen LogP contribution in [0.25, 0.3) is 16.9 Å². The van der Waals surface area contributed by atoms with Gasteiger partial charge in [0, 0.05) is 5.56 Å². The van der Waals surface area contributed by atoms with Gasteiger partial charge in [-0.2, -0.15) is 9.61 Å². The first-order valence-electron chi connectivity index (χ1n) is 6.25. The molecule has 6 nitrogen and oxygen atoms in total. The second-order valence-electron chi connectivity index (χ2n) is 4.46. The number of halogens is 1. The summed E-state index contributed by atoms with van der Waals surface area (Å²) < 4.78 is 17.7. The number of methoxy groups -OCH3 is 1. The lowest BCUT2D eigenvalue weighted by atomic mass is 10.1. The van der Waals surface area contributed by atoms with Gasteiger partial charge in [-0.25, -0.2) is 4.98 Å². The second-order valence-corrected chi connectivity index (χ2v) is 4.85. The third kappa shape index (κ3) is 1.87. The molecule has 1 aliphatic rings. The van der Waals surface area contributed by atoms with Crippen molar-refractivity contribution in [2.75, 3.05) is 13.9 Å². The molecule has 0 bridgehead atoms. The lowest BCUT2D eigenvalue weighted by molar-refractivity contribution is 0.174. The van der Waals surface area contributed by atoms with E-state index in [-0.39, 0.29) is 6.79 Å². The van der Waals surface area contributed by atoms with Gasteiger partial charge in [-0.1, -0.05) is 11.6 Å². The molecule has 0 radical (unpaired) electrons. The molecule has 0 fully saturated rings. The molecule has 21 heavy (non-hydrogen) atoms. The molecule has 7 heteroatoms. The molecule has 0 saturated carbocycles. The Labute approximate surface area is 124 Å². The Morgan fingerprint density at radius 3 is 2.90 bits per heavy atom. The van der Waals surface area contributed by atoms with Gasteiger partial charge in [0.1, 0.15) is 10.8 Å². The Morgan fingerprint density at radius 1 is 1.19 bits per heavy atom. The Balaban J connectivity index is 1.93. The largest absolute Gasteiger partial charge is 0.479 e. The van der Waals surface area contributed by atoms with E-state index < -0.39 is 0 Å². The molecule has 4 rings (SSSR count). The fourth-order valence-electron chi connectivity index (χ4n) is 2.31. The molecule has 0 aliphatic carbocycles. The normalized spacial score (nSPS) is 12.9. The van der Waals surface area contributed by atoms with E-state index in [2.05, 4.69) is 10.1 Å². The first kappa shape index (κ1) is 12.3. The van der Waals surface area contributed by atoms with Gasteiger partial charge in [-0.05, 0) is 30.3 Å². The number of hydrogen-bond acceptors (Lipinski definition) is 5. The van der Waals surface area contributed by atoms with Crippen LogP contribution in [0.2, 0.25) is 5.15 Å². The van der Waals surface area contributed by atoms with Crippen molar-refractivity contribution in [1.29, 1.82) is 0 Å². The predicted octanol–water partition coefficient (Wildman–Crippen LogP) is 2.79. The molecule has 0 saturated heterocycles. The summed E-state index contributed by atoms with van der Waals surface area (Å²) in [5.74, 6) is 1.94. The van der Waals surface area contributed by atoms with Crippen molar-refractivity contribution in [1.82, 2.24) is 14.6 Å². The summed E-state index contributed by atoms with van der Waals surface area (Å²) in [7, 11) is 1.57. The Kier molecular flexibility index (Phi) is 2.65. The average molecular weight is 304 g/mol. The fraction of sp³-hybridized carbons (Fsp3) is 0.143. The monoisotopic (exact) mass is 303 g/mol. The maximum Gasteiger partial charge on any atom is 0.243 e.